The minimum atomic E-state index is 0.0526. The predicted molar refractivity (Wildman–Crippen MR) is 96.8 cm³/mol. The standard InChI is InChI=1S/C19H23N3O2S/c1-25-16-7-3-2-6-15(16)18(23)14-5-4-10-22(11-14)12-17-20-19(24-21-17)13-8-9-13/h2-3,6-7,13-14H,4-5,8-12H2,1H3/t14-/m1/s1. The molecule has 1 aliphatic heterocycles. The molecule has 6 heteroatoms. The molecule has 2 aromatic rings. The molecule has 132 valence electrons. The summed E-state index contributed by atoms with van der Waals surface area (Å²) in [6, 6.07) is 7.92. The van der Waals surface area contributed by atoms with Crippen LogP contribution in [0.25, 0.3) is 0 Å². The van der Waals surface area contributed by atoms with Gasteiger partial charge in [0.15, 0.2) is 11.6 Å². The Kier molecular flexibility index (Phi) is 4.90. The quantitative estimate of drug-likeness (QED) is 0.579. The van der Waals surface area contributed by atoms with Gasteiger partial charge >= 0.3 is 0 Å². The second-order valence-electron chi connectivity index (χ2n) is 6.96. The van der Waals surface area contributed by atoms with Crippen molar-refractivity contribution in [1.82, 2.24) is 15.0 Å². The van der Waals surface area contributed by atoms with Crippen LogP contribution in [0.5, 0.6) is 0 Å². The maximum atomic E-state index is 13.0. The number of aromatic nitrogens is 2. The Morgan fingerprint density at radius 2 is 2.16 bits per heavy atom. The Balaban J connectivity index is 1.42. The highest BCUT2D eigenvalue weighted by Crippen LogP contribution is 2.39. The fourth-order valence-corrected chi connectivity index (χ4v) is 4.11. The molecule has 4 rings (SSSR count). The van der Waals surface area contributed by atoms with Crippen molar-refractivity contribution in [3.05, 3.63) is 41.5 Å². The zero-order valence-corrected chi connectivity index (χ0v) is 15.3. The van der Waals surface area contributed by atoms with E-state index >= 15 is 0 Å². The lowest BCUT2D eigenvalue weighted by molar-refractivity contribution is 0.0804. The maximum Gasteiger partial charge on any atom is 0.229 e. The monoisotopic (exact) mass is 357 g/mol. The first kappa shape index (κ1) is 16.8. The summed E-state index contributed by atoms with van der Waals surface area (Å²) in [7, 11) is 0. The van der Waals surface area contributed by atoms with Crippen LogP contribution in [0.1, 0.15) is 53.7 Å². The summed E-state index contributed by atoms with van der Waals surface area (Å²) in [5.41, 5.74) is 0.859. The van der Waals surface area contributed by atoms with E-state index in [1.54, 1.807) is 11.8 Å². The largest absolute Gasteiger partial charge is 0.339 e. The molecule has 1 aliphatic carbocycles. The summed E-state index contributed by atoms with van der Waals surface area (Å²) >= 11 is 1.64. The second-order valence-corrected chi connectivity index (χ2v) is 7.81. The number of carbonyl (C=O) groups excluding carboxylic acids is 1. The smallest absolute Gasteiger partial charge is 0.229 e. The number of hydrogen-bond acceptors (Lipinski definition) is 6. The summed E-state index contributed by atoms with van der Waals surface area (Å²) in [5.74, 6) is 2.34. The first-order valence-electron chi connectivity index (χ1n) is 8.96. The number of nitrogens with zero attached hydrogens (tertiary/aromatic N) is 3. The van der Waals surface area contributed by atoms with E-state index in [1.165, 1.54) is 0 Å². The third-order valence-electron chi connectivity index (χ3n) is 5.02. The number of carbonyl (C=O) groups is 1. The van der Waals surface area contributed by atoms with Crippen molar-refractivity contribution in [3.63, 3.8) is 0 Å². The molecule has 1 atom stereocenters. The lowest BCUT2D eigenvalue weighted by Gasteiger charge is -2.31. The summed E-state index contributed by atoms with van der Waals surface area (Å²) in [5, 5.41) is 4.11. The number of likely N-dealkylation sites (tertiary alicyclic amines) is 1. The molecule has 0 bridgehead atoms. The van der Waals surface area contributed by atoms with Crippen LogP contribution < -0.4 is 0 Å². The molecular formula is C19H23N3O2S. The Morgan fingerprint density at radius 3 is 2.96 bits per heavy atom. The topological polar surface area (TPSA) is 59.2 Å². The highest BCUT2D eigenvalue weighted by atomic mass is 32.2. The van der Waals surface area contributed by atoms with E-state index in [9.17, 15) is 4.79 Å². The Morgan fingerprint density at radius 1 is 1.32 bits per heavy atom. The third-order valence-corrected chi connectivity index (χ3v) is 5.82. The molecule has 1 saturated heterocycles. The van der Waals surface area contributed by atoms with Crippen molar-refractivity contribution < 1.29 is 9.32 Å². The number of hydrogen-bond donors (Lipinski definition) is 0. The van der Waals surface area contributed by atoms with Crippen LogP contribution in [0.2, 0.25) is 0 Å². The molecule has 0 radical (unpaired) electrons. The van der Waals surface area contributed by atoms with E-state index in [2.05, 4.69) is 15.0 Å². The van der Waals surface area contributed by atoms with Crippen LogP contribution in [0.15, 0.2) is 33.7 Å². The van der Waals surface area contributed by atoms with Crippen LogP contribution in [0.3, 0.4) is 0 Å². The van der Waals surface area contributed by atoms with Crippen molar-refractivity contribution in [3.8, 4) is 0 Å². The van der Waals surface area contributed by atoms with Gasteiger partial charge in [-0.3, -0.25) is 9.69 Å². The summed E-state index contributed by atoms with van der Waals surface area (Å²) < 4.78 is 5.35. The van der Waals surface area contributed by atoms with E-state index < -0.39 is 0 Å². The molecule has 0 unspecified atom stereocenters. The Bertz CT molecular complexity index is 757. The van der Waals surface area contributed by atoms with Gasteiger partial charge in [0.1, 0.15) is 0 Å². The van der Waals surface area contributed by atoms with Gasteiger partial charge in [0.05, 0.1) is 6.54 Å². The van der Waals surface area contributed by atoms with Crippen molar-refractivity contribution in [2.45, 2.75) is 43.0 Å². The summed E-state index contributed by atoms with van der Waals surface area (Å²) in [6.45, 7) is 2.43. The van der Waals surface area contributed by atoms with Gasteiger partial charge in [-0.1, -0.05) is 23.4 Å². The van der Waals surface area contributed by atoms with Gasteiger partial charge in [-0.05, 0) is 44.6 Å². The number of piperidine rings is 1. The average molecular weight is 357 g/mol. The van der Waals surface area contributed by atoms with Gasteiger partial charge in [0, 0.05) is 28.8 Å². The van der Waals surface area contributed by atoms with Crippen molar-refractivity contribution in [2.75, 3.05) is 19.3 Å². The predicted octanol–water partition coefficient (Wildman–Crippen LogP) is 3.76. The van der Waals surface area contributed by atoms with Gasteiger partial charge in [-0.15, -0.1) is 11.8 Å². The van der Waals surface area contributed by atoms with E-state index in [0.29, 0.717) is 12.5 Å². The van der Waals surface area contributed by atoms with E-state index in [0.717, 1.165) is 60.9 Å². The van der Waals surface area contributed by atoms with Crippen molar-refractivity contribution in [2.24, 2.45) is 5.92 Å². The van der Waals surface area contributed by atoms with Crippen LogP contribution >= 0.6 is 11.8 Å². The molecule has 2 heterocycles. The fraction of sp³-hybridized carbons (Fsp3) is 0.526. The molecule has 5 nitrogen and oxygen atoms in total. The normalized spacial score (nSPS) is 21.4. The number of Topliss-reactive ketones (excluding diaryl/α,β-unsaturated/α-hetero) is 1. The molecule has 1 aromatic carbocycles. The lowest BCUT2D eigenvalue weighted by Crippen LogP contribution is -2.38. The van der Waals surface area contributed by atoms with Gasteiger partial charge < -0.3 is 4.52 Å². The van der Waals surface area contributed by atoms with Gasteiger partial charge in [-0.25, -0.2) is 0 Å². The SMILES string of the molecule is CSc1ccccc1C(=O)[C@@H]1CCCN(Cc2noc(C3CC3)n2)C1. The van der Waals surface area contributed by atoms with Crippen LogP contribution in [-0.2, 0) is 6.54 Å². The highest BCUT2D eigenvalue weighted by molar-refractivity contribution is 7.98. The second kappa shape index (κ2) is 7.30. The molecule has 25 heavy (non-hydrogen) atoms. The van der Waals surface area contributed by atoms with E-state index in [1.807, 2.05) is 30.5 Å². The van der Waals surface area contributed by atoms with Gasteiger partial charge in [-0.2, -0.15) is 4.98 Å². The average Bonchev–Trinajstić information content (AvgIpc) is 3.41. The number of rotatable bonds is 6. The highest BCUT2D eigenvalue weighted by Gasteiger charge is 2.31. The van der Waals surface area contributed by atoms with Crippen LogP contribution in [0.4, 0.5) is 0 Å². The maximum absolute atomic E-state index is 13.0. The minimum Gasteiger partial charge on any atom is -0.339 e. The summed E-state index contributed by atoms with van der Waals surface area (Å²) in [4.78, 5) is 20.9. The Hall–Kier alpha value is -1.66. The molecule has 1 saturated carbocycles. The molecule has 1 aromatic heterocycles. The minimum absolute atomic E-state index is 0.0526. The fourth-order valence-electron chi connectivity index (χ4n) is 3.51. The molecule has 2 aliphatic rings. The van der Waals surface area contributed by atoms with E-state index in [4.69, 9.17) is 4.52 Å². The first-order chi connectivity index (χ1) is 12.2. The molecule has 0 amide bonds. The van der Waals surface area contributed by atoms with Gasteiger partial charge in [0.25, 0.3) is 0 Å². The lowest BCUT2D eigenvalue weighted by atomic mass is 9.90. The molecule has 0 N–H and O–H groups in total. The molecule has 0 spiro atoms. The zero-order chi connectivity index (χ0) is 17.2. The molecular weight excluding hydrogens is 334 g/mol. The molecule has 2 fully saturated rings. The van der Waals surface area contributed by atoms with E-state index in [-0.39, 0.29) is 11.7 Å². The van der Waals surface area contributed by atoms with Gasteiger partial charge in [0.2, 0.25) is 5.89 Å². The van der Waals surface area contributed by atoms with Crippen LogP contribution in [0, 0.1) is 5.92 Å². The first-order valence-corrected chi connectivity index (χ1v) is 10.2. The van der Waals surface area contributed by atoms with Crippen LogP contribution in [-0.4, -0.2) is 40.2 Å². The van der Waals surface area contributed by atoms with Crippen molar-refractivity contribution in [1.29, 1.82) is 0 Å². The van der Waals surface area contributed by atoms with Crippen molar-refractivity contribution >= 4 is 17.5 Å². The number of thioether (sulfide) groups is 1. The third kappa shape index (κ3) is 3.80. The zero-order valence-electron chi connectivity index (χ0n) is 14.5. The number of ketones is 1. The summed E-state index contributed by atoms with van der Waals surface area (Å²) in [6.07, 6.45) is 6.34. The Labute approximate surface area is 152 Å². The number of benzene rings is 1.